The highest BCUT2D eigenvalue weighted by atomic mass is 35.5. The number of nitrogens with one attached hydrogen (secondary N) is 1. The quantitative estimate of drug-likeness (QED) is 0.789. The van der Waals surface area contributed by atoms with E-state index in [9.17, 15) is 4.79 Å². The molecule has 0 radical (unpaired) electrons. The maximum Gasteiger partial charge on any atom is 0.251 e. The molecule has 0 fully saturated rings. The number of rotatable bonds is 4. The summed E-state index contributed by atoms with van der Waals surface area (Å²) in [6.07, 6.45) is 0. The smallest absolute Gasteiger partial charge is 0.251 e. The molecular formula is C17H14ClN3O2. The molecule has 23 heavy (non-hydrogen) atoms. The highest BCUT2D eigenvalue weighted by Gasteiger charge is 2.18. The van der Waals surface area contributed by atoms with Gasteiger partial charge in [-0.3, -0.25) is 4.79 Å². The van der Waals surface area contributed by atoms with Crippen molar-refractivity contribution >= 4 is 17.5 Å². The Bertz CT molecular complexity index is 800. The van der Waals surface area contributed by atoms with Crippen LogP contribution in [-0.2, 0) is 0 Å². The summed E-state index contributed by atoms with van der Waals surface area (Å²) in [5, 5.41) is 7.35. The predicted molar refractivity (Wildman–Crippen MR) is 87.1 cm³/mol. The van der Waals surface area contributed by atoms with Gasteiger partial charge in [0.15, 0.2) is 0 Å². The monoisotopic (exact) mass is 327 g/mol. The second-order valence-corrected chi connectivity index (χ2v) is 5.46. The second kappa shape index (κ2) is 6.62. The molecule has 0 aliphatic heterocycles. The van der Waals surface area contributed by atoms with Gasteiger partial charge in [0, 0.05) is 16.1 Å². The number of halogens is 1. The third kappa shape index (κ3) is 3.57. The fourth-order valence-corrected chi connectivity index (χ4v) is 2.18. The number of hydrogen-bond acceptors (Lipinski definition) is 4. The number of carbonyl (C=O) groups is 1. The Morgan fingerprint density at radius 2 is 1.83 bits per heavy atom. The van der Waals surface area contributed by atoms with Crippen LogP contribution in [-0.4, -0.2) is 16.0 Å². The molecule has 1 aromatic heterocycles. The van der Waals surface area contributed by atoms with Crippen molar-refractivity contribution in [2.24, 2.45) is 0 Å². The van der Waals surface area contributed by atoms with E-state index in [2.05, 4.69) is 15.5 Å². The van der Waals surface area contributed by atoms with Gasteiger partial charge in [-0.1, -0.05) is 47.1 Å². The van der Waals surface area contributed by atoms with Gasteiger partial charge in [-0.25, -0.2) is 0 Å². The molecule has 5 nitrogen and oxygen atoms in total. The van der Waals surface area contributed by atoms with Crippen molar-refractivity contribution < 1.29 is 9.32 Å². The highest BCUT2D eigenvalue weighted by Crippen LogP contribution is 2.18. The number of benzene rings is 2. The first-order valence-corrected chi connectivity index (χ1v) is 7.47. The molecular weight excluding hydrogens is 314 g/mol. The first kappa shape index (κ1) is 15.2. The van der Waals surface area contributed by atoms with Gasteiger partial charge in [0.1, 0.15) is 6.04 Å². The molecule has 1 atom stereocenters. The van der Waals surface area contributed by atoms with Crippen molar-refractivity contribution in [1.82, 2.24) is 15.5 Å². The molecule has 0 unspecified atom stereocenters. The lowest BCUT2D eigenvalue weighted by Gasteiger charge is -2.09. The summed E-state index contributed by atoms with van der Waals surface area (Å²) in [6.45, 7) is 1.79. The highest BCUT2D eigenvalue weighted by molar-refractivity contribution is 6.30. The minimum atomic E-state index is -0.400. The van der Waals surface area contributed by atoms with Crippen LogP contribution < -0.4 is 5.32 Å². The van der Waals surface area contributed by atoms with Gasteiger partial charge in [0.25, 0.3) is 5.91 Å². The lowest BCUT2D eigenvalue weighted by molar-refractivity contribution is 0.0932. The van der Waals surface area contributed by atoms with Crippen LogP contribution in [0, 0.1) is 0 Å². The van der Waals surface area contributed by atoms with Gasteiger partial charge in [-0.2, -0.15) is 4.98 Å². The van der Waals surface area contributed by atoms with Crippen LogP contribution in [0.5, 0.6) is 0 Å². The van der Waals surface area contributed by atoms with Gasteiger partial charge in [0.2, 0.25) is 11.7 Å². The van der Waals surface area contributed by atoms with Crippen molar-refractivity contribution in [2.45, 2.75) is 13.0 Å². The zero-order chi connectivity index (χ0) is 16.2. The van der Waals surface area contributed by atoms with E-state index in [1.54, 1.807) is 31.2 Å². The van der Waals surface area contributed by atoms with E-state index < -0.39 is 6.04 Å². The lowest BCUT2D eigenvalue weighted by atomic mass is 10.2. The Labute approximate surface area is 138 Å². The van der Waals surface area contributed by atoms with E-state index >= 15 is 0 Å². The Kier molecular flexibility index (Phi) is 4.39. The molecule has 0 aliphatic carbocycles. The molecule has 0 saturated heterocycles. The third-order valence-electron chi connectivity index (χ3n) is 3.30. The van der Waals surface area contributed by atoms with Crippen LogP contribution >= 0.6 is 11.6 Å². The average Bonchev–Trinajstić information content (AvgIpc) is 3.06. The fraction of sp³-hybridized carbons (Fsp3) is 0.118. The predicted octanol–water partition coefficient (Wildman–Crippen LogP) is 3.88. The summed E-state index contributed by atoms with van der Waals surface area (Å²) in [5.41, 5.74) is 1.38. The van der Waals surface area contributed by atoms with Crippen LogP contribution in [0.2, 0.25) is 5.02 Å². The molecule has 0 aliphatic rings. The van der Waals surface area contributed by atoms with Crippen LogP contribution in [0.3, 0.4) is 0 Å². The molecule has 1 N–H and O–H groups in total. The zero-order valence-corrected chi connectivity index (χ0v) is 13.1. The summed E-state index contributed by atoms with van der Waals surface area (Å²) in [5.74, 6) is 0.619. The first-order valence-electron chi connectivity index (χ1n) is 7.09. The Hall–Kier alpha value is -2.66. The van der Waals surface area contributed by atoms with Crippen molar-refractivity contribution in [3.8, 4) is 11.4 Å². The largest absolute Gasteiger partial charge is 0.341 e. The van der Waals surface area contributed by atoms with Gasteiger partial charge >= 0.3 is 0 Å². The van der Waals surface area contributed by atoms with Crippen molar-refractivity contribution in [1.29, 1.82) is 0 Å². The second-order valence-electron chi connectivity index (χ2n) is 5.02. The molecule has 0 spiro atoms. The minimum absolute atomic E-state index is 0.228. The van der Waals surface area contributed by atoms with Crippen molar-refractivity contribution in [3.63, 3.8) is 0 Å². The van der Waals surface area contributed by atoms with Crippen LogP contribution in [0.15, 0.2) is 59.1 Å². The van der Waals surface area contributed by atoms with E-state index in [0.29, 0.717) is 22.3 Å². The molecule has 3 aromatic rings. The number of nitrogens with zero attached hydrogens (tertiary/aromatic N) is 2. The maximum absolute atomic E-state index is 12.2. The lowest BCUT2D eigenvalue weighted by Crippen LogP contribution is -2.26. The molecule has 2 aromatic carbocycles. The number of amides is 1. The van der Waals surface area contributed by atoms with E-state index in [0.717, 1.165) is 5.56 Å². The van der Waals surface area contributed by atoms with Gasteiger partial charge < -0.3 is 9.84 Å². The van der Waals surface area contributed by atoms with Crippen molar-refractivity contribution in [2.75, 3.05) is 0 Å². The molecule has 0 saturated carbocycles. The summed E-state index contributed by atoms with van der Waals surface area (Å²) in [6, 6.07) is 15.8. The molecule has 0 bridgehead atoms. The molecule has 1 heterocycles. The number of carbonyl (C=O) groups excluding carboxylic acids is 1. The maximum atomic E-state index is 12.2. The van der Waals surface area contributed by atoms with Crippen LogP contribution in [0.1, 0.15) is 29.2 Å². The van der Waals surface area contributed by atoms with E-state index in [1.807, 2.05) is 30.3 Å². The van der Waals surface area contributed by atoms with Crippen molar-refractivity contribution in [3.05, 3.63) is 71.1 Å². The Balaban J connectivity index is 1.71. The molecule has 3 rings (SSSR count). The summed E-state index contributed by atoms with van der Waals surface area (Å²) < 4.78 is 5.24. The van der Waals surface area contributed by atoms with E-state index in [4.69, 9.17) is 16.1 Å². The summed E-state index contributed by atoms with van der Waals surface area (Å²) >= 11 is 5.81. The summed E-state index contributed by atoms with van der Waals surface area (Å²) in [4.78, 5) is 16.5. The first-order chi connectivity index (χ1) is 11.1. The average molecular weight is 328 g/mol. The van der Waals surface area contributed by atoms with E-state index in [1.165, 1.54) is 0 Å². The molecule has 116 valence electrons. The standard InChI is InChI=1S/C17H14ClN3O2/c1-11(19-16(22)13-7-9-14(18)10-8-13)17-20-15(21-23-17)12-5-3-2-4-6-12/h2-11H,1H3,(H,19,22)/t11-/m0/s1. The van der Waals surface area contributed by atoms with Gasteiger partial charge in [-0.05, 0) is 31.2 Å². The summed E-state index contributed by atoms with van der Waals surface area (Å²) in [7, 11) is 0. The van der Waals surface area contributed by atoms with Gasteiger partial charge in [0.05, 0.1) is 0 Å². The Morgan fingerprint density at radius 3 is 2.52 bits per heavy atom. The van der Waals surface area contributed by atoms with Crippen LogP contribution in [0.25, 0.3) is 11.4 Å². The zero-order valence-electron chi connectivity index (χ0n) is 12.4. The Morgan fingerprint density at radius 1 is 1.13 bits per heavy atom. The number of hydrogen-bond donors (Lipinski definition) is 1. The van der Waals surface area contributed by atoms with E-state index in [-0.39, 0.29) is 5.91 Å². The normalized spacial score (nSPS) is 11.9. The van der Waals surface area contributed by atoms with Gasteiger partial charge in [-0.15, -0.1) is 0 Å². The minimum Gasteiger partial charge on any atom is -0.341 e. The SMILES string of the molecule is C[C@H](NC(=O)c1ccc(Cl)cc1)c1nc(-c2ccccc2)no1. The number of aromatic nitrogens is 2. The topological polar surface area (TPSA) is 68.0 Å². The van der Waals surface area contributed by atoms with Crippen LogP contribution in [0.4, 0.5) is 0 Å². The fourth-order valence-electron chi connectivity index (χ4n) is 2.06. The molecule has 6 heteroatoms. The third-order valence-corrected chi connectivity index (χ3v) is 3.55. The molecule has 1 amide bonds.